The highest BCUT2D eigenvalue weighted by Gasteiger charge is 2.14. The first-order valence-corrected chi connectivity index (χ1v) is 9.25. The molecule has 0 unspecified atom stereocenters. The molecule has 0 fully saturated rings. The molecule has 0 atom stereocenters. The third kappa shape index (κ3) is 3.62. The zero-order valence-electron chi connectivity index (χ0n) is 16.1. The summed E-state index contributed by atoms with van der Waals surface area (Å²) >= 11 is 0. The van der Waals surface area contributed by atoms with Crippen molar-refractivity contribution >= 4 is 39.7 Å². The normalized spacial score (nSPS) is 11.1. The molecule has 4 rings (SSSR count). The summed E-state index contributed by atoms with van der Waals surface area (Å²) in [5.74, 6) is 0.602. The maximum Gasteiger partial charge on any atom is 0.251 e. The highest BCUT2D eigenvalue weighted by Crippen LogP contribution is 2.30. The lowest BCUT2D eigenvalue weighted by molar-refractivity contribution is -0.120. The van der Waals surface area contributed by atoms with Crippen molar-refractivity contribution in [1.29, 1.82) is 0 Å². The Hall–Kier alpha value is -3.88. The fourth-order valence-corrected chi connectivity index (χ4v) is 3.28. The van der Waals surface area contributed by atoms with Gasteiger partial charge in [0.1, 0.15) is 11.6 Å². The van der Waals surface area contributed by atoms with E-state index in [4.69, 9.17) is 5.73 Å². The van der Waals surface area contributed by atoms with Crippen molar-refractivity contribution in [3.63, 3.8) is 0 Å². The molecule has 1 aromatic carbocycles. The number of aromatic amines is 2. The third-order valence-electron chi connectivity index (χ3n) is 4.56. The standard InChI is InChI=1S/C20H21N7O2/c1-3-22-17(28)9-23-20(29)11-4-5-14-12(6-11)7-15(26-14)13-8-16(21)27-19-18(13)24-10(2)25-19/h4-8,26H,3,9H2,1-2H3,(H,22,28)(H,23,29)(H3,21,24,25,27). The molecule has 29 heavy (non-hydrogen) atoms. The SMILES string of the molecule is CCNC(=O)CNC(=O)c1ccc2[nH]c(-c3cc(N)nc4nc(C)[nH]c34)cc2c1. The first-order chi connectivity index (χ1) is 13.9. The largest absolute Gasteiger partial charge is 0.384 e. The van der Waals surface area contributed by atoms with Crippen LogP contribution in [0.15, 0.2) is 30.3 Å². The maximum absolute atomic E-state index is 12.4. The third-order valence-corrected chi connectivity index (χ3v) is 4.56. The number of benzene rings is 1. The summed E-state index contributed by atoms with van der Waals surface area (Å²) in [7, 11) is 0. The lowest BCUT2D eigenvalue weighted by Gasteiger charge is -2.05. The average molecular weight is 391 g/mol. The van der Waals surface area contributed by atoms with Crippen LogP contribution in [0.1, 0.15) is 23.1 Å². The van der Waals surface area contributed by atoms with Crippen molar-refractivity contribution in [2.24, 2.45) is 0 Å². The van der Waals surface area contributed by atoms with E-state index in [0.717, 1.165) is 33.5 Å². The summed E-state index contributed by atoms with van der Waals surface area (Å²) in [5, 5.41) is 6.13. The van der Waals surface area contributed by atoms with Gasteiger partial charge >= 0.3 is 0 Å². The molecule has 0 aliphatic heterocycles. The number of nitrogens with zero attached hydrogens (tertiary/aromatic N) is 2. The van der Waals surface area contributed by atoms with Crippen LogP contribution in [0.2, 0.25) is 0 Å². The van der Waals surface area contributed by atoms with Crippen molar-refractivity contribution in [2.75, 3.05) is 18.8 Å². The Labute approximate surface area is 166 Å². The Bertz CT molecular complexity index is 1240. The van der Waals surface area contributed by atoms with E-state index in [2.05, 4.69) is 30.6 Å². The molecule has 9 nitrogen and oxygen atoms in total. The van der Waals surface area contributed by atoms with E-state index >= 15 is 0 Å². The van der Waals surface area contributed by atoms with E-state index < -0.39 is 0 Å². The number of amides is 2. The molecule has 0 aliphatic rings. The van der Waals surface area contributed by atoms with Crippen LogP contribution in [0, 0.1) is 6.92 Å². The fourth-order valence-electron chi connectivity index (χ4n) is 3.28. The van der Waals surface area contributed by atoms with Crippen LogP contribution in [0.4, 0.5) is 5.82 Å². The first-order valence-electron chi connectivity index (χ1n) is 9.25. The number of nitrogens with two attached hydrogens (primary N) is 1. The van der Waals surface area contributed by atoms with Gasteiger partial charge in [0.2, 0.25) is 5.91 Å². The average Bonchev–Trinajstić information content (AvgIpc) is 3.27. The number of likely N-dealkylation sites (N-methyl/N-ethyl adjacent to an activating group) is 1. The molecule has 2 amide bonds. The van der Waals surface area contributed by atoms with Gasteiger partial charge in [-0.3, -0.25) is 9.59 Å². The predicted molar refractivity (Wildman–Crippen MR) is 111 cm³/mol. The monoisotopic (exact) mass is 391 g/mol. The number of carbonyl (C=O) groups is 2. The molecule has 9 heteroatoms. The Morgan fingerprint density at radius 3 is 2.72 bits per heavy atom. The topological polar surface area (TPSA) is 142 Å². The second-order valence-electron chi connectivity index (χ2n) is 6.74. The van der Waals surface area contributed by atoms with Crippen LogP contribution < -0.4 is 16.4 Å². The van der Waals surface area contributed by atoms with E-state index in [9.17, 15) is 9.59 Å². The van der Waals surface area contributed by atoms with Crippen LogP contribution in [0.25, 0.3) is 33.3 Å². The molecule has 0 saturated carbocycles. The molecule has 6 N–H and O–H groups in total. The van der Waals surface area contributed by atoms with E-state index in [0.29, 0.717) is 23.6 Å². The number of nitrogens with one attached hydrogen (secondary N) is 4. The first kappa shape index (κ1) is 18.5. The molecule has 0 bridgehead atoms. The van der Waals surface area contributed by atoms with E-state index in [-0.39, 0.29) is 18.4 Å². The van der Waals surface area contributed by atoms with Crippen molar-refractivity contribution in [2.45, 2.75) is 13.8 Å². The number of anilines is 1. The van der Waals surface area contributed by atoms with Gasteiger partial charge in [-0.1, -0.05) is 0 Å². The number of fused-ring (bicyclic) bond motifs is 2. The van der Waals surface area contributed by atoms with Gasteiger partial charge < -0.3 is 26.3 Å². The second-order valence-corrected chi connectivity index (χ2v) is 6.74. The molecule has 0 spiro atoms. The number of hydrogen-bond donors (Lipinski definition) is 5. The van der Waals surface area contributed by atoms with Crippen LogP contribution >= 0.6 is 0 Å². The minimum atomic E-state index is -0.305. The number of imidazole rings is 1. The van der Waals surface area contributed by atoms with Crippen LogP contribution in [0.5, 0.6) is 0 Å². The Balaban J connectivity index is 1.66. The van der Waals surface area contributed by atoms with Gasteiger partial charge in [-0.15, -0.1) is 0 Å². The molecule has 0 aliphatic carbocycles. The van der Waals surface area contributed by atoms with Gasteiger partial charge in [0.25, 0.3) is 5.91 Å². The molecular weight excluding hydrogens is 370 g/mol. The summed E-state index contributed by atoms with van der Waals surface area (Å²) in [5.41, 5.74) is 10.3. The van der Waals surface area contributed by atoms with E-state index in [1.54, 1.807) is 18.2 Å². The van der Waals surface area contributed by atoms with Crippen molar-refractivity contribution in [3.05, 3.63) is 41.7 Å². The zero-order valence-corrected chi connectivity index (χ0v) is 16.1. The highest BCUT2D eigenvalue weighted by molar-refractivity contribution is 6.01. The van der Waals surface area contributed by atoms with Crippen molar-refractivity contribution in [1.82, 2.24) is 30.6 Å². The summed E-state index contributed by atoms with van der Waals surface area (Å²) in [6, 6.07) is 9.06. The number of hydrogen-bond acceptors (Lipinski definition) is 5. The minimum absolute atomic E-state index is 0.0590. The maximum atomic E-state index is 12.4. The summed E-state index contributed by atoms with van der Waals surface area (Å²) in [6.07, 6.45) is 0. The number of carbonyl (C=O) groups excluding carboxylic acids is 2. The van der Waals surface area contributed by atoms with Gasteiger partial charge in [0.05, 0.1) is 12.1 Å². The Morgan fingerprint density at radius 1 is 1.10 bits per heavy atom. The number of aromatic nitrogens is 4. The highest BCUT2D eigenvalue weighted by atomic mass is 16.2. The number of nitrogen functional groups attached to an aromatic ring is 1. The van der Waals surface area contributed by atoms with Crippen LogP contribution in [-0.4, -0.2) is 44.8 Å². The summed E-state index contributed by atoms with van der Waals surface area (Å²) < 4.78 is 0. The zero-order chi connectivity index (χ0) is 20.5. The number of aryl methyl sites for hydroxylation is 1. The van der Waals surface area contributed by atoms with Crippen LogP contribution in [0.3, 0.4) is 0 Å². The fraction of sp³-hybridized carbons (Fsp3) is 0.200. The van der Waals surface area contributed by atoms with Gasteiger partial charge in [0, 0.05) is 34.3 Å². The molecule has 3 heterocycles. The van der Waals surface area contributed by atoms with Crippen LogP contribution in [-0.2, 0) is 4.79 Å². The number of rotatable bonds is 5. The van der Waals surface area contributed by atoms with Gasteiger partial charge in [-0.2, -0.15) is 0 Å². The lowest BCUT2D eigenvalue weighted by Crippen LogP contribution is -2.36. The van der Waals surface area contributed by atoms with Crippen molar-refractivity contribution in [3.8, 4) is 11.3 Å². The van der Waals surface area contributed by atoms with Gasteiger partial charge in [0.15, 0.2) is 5.65 Å². The summed E-state index contributed by atoms with van der Waals surface area (Å²) in [6.45, 7) is 4.15. The lowest BCUT2D eigenvalue weighted by atomic mass is 10.1. The van der Waals surface area contributed by atoms with E-state index in [1.165, 1.54) is 0 Å². The Kier molecular flexibility index (Phi) is 4.63. The molecule has 0 saturated heterocycles. The molecule has 4 aromatic rings. The second kappa shape index (κ2) is 7.27. The summed E-state index contributed by atoms with van der Waals surface area (Å²) in [4.78, 5) is 39.1. The molecular formula is C20H21N7O2. The van der Waals surface area contributed by atoms with E-state index in [1.807, 2.05) is 26.0 Å². The molecule has 3 aromatic heterocycles. The quantitative estimate of drug-likeness (QED) is 0.353. The number of pyridine rings is 1. The number of H-pyrrole nitrogens is 2. The smallest absolute Gasteiger partial charge is 0.251 e. The molecule has 148 valence electrons. The van der Waals surface area contributed by atoms with Gasteiger partial charge in [-0.25, -0.2) is 9.97 Å². The minimum Gasteiger partial charge on any atom is -0.384 e. The predicted octanol–water partition coefficient (Wildman–Crippen LogP) is 1.86. The van der Waals surface area contributed by atoms with Gasteiger partial charge in [-0.05, 0) is 44.2 Å². The Morgan fingerprint density at radius 2 is 1.93 bits per heavy atom. The van der Waals surface area contributed by atoms with Crippen molar-refractivity contribution < 1.29 is 9.59 Å². The molecule has 0 radical (unpaired) electrons.